The third-order valence-corrected chi connectivity index (χ3v) is 8.48. The van der Waals surface area contributed by atoms with Crippen LogP contribution in [0.3, 0.4) is 0 Å². The van der Waals surface area contributed by atoms with Crippen LogP contribution in [-0.4, -0.2) is 48.3 Å². The molecule has 0 radical (unpaired) electrons. The number of thioether (sulfide) groups is 2. The second-order valence-corrected chi connectivity index (χ2v) is 12.4. The highest BCUT2D eigenvalue weighted by Gasteiger charge is 2.18. The Kier molecular flexibility index (Phi) is 9.84. The Bertz CT molecular complexity index is 1420. The van der Waals surface area contributed by atoms with Crippen LogP contribution in [0.15, 0.2) is 56.4 Å². The molecule has 2 heterocycles. The van der Waals surface area contributed by atoms with Crippen LogP contribution in [0.2, 0.25) is 10.0 Å². The molecule has 2 N–H and O–H groups in total. The molecule has 0 aliphatic carbocycles. The Labute approximate surface area is 243 Å². The van der Waals surface area contributed by atoms with Crippen molar-refractivity contribution in [3.8, 4) is 5.69 Å². The highest BCUT2D eigenvalue weighted by molar-refractivity contribution is 9.10. The second-order valence-electron chi connectivity index (χ2n) is 7.16. The zero-order valence-corrected chi connectivity index (χ0v) is 24.6. The van der Waals surface area contributed by atoms with E-state index >= 15 is 0 Å². The summed E-state index contributed by atoms with van der Waals surface area (Å²) in [6.45, 7) is 2.10. The van der Waals surface area contributed by atoms with Crippen LogP contribution < -0.4 is 10.6 Å². The number of rotatable bonds is 10. The number of carbonyl (C=O) groups is 2. The largest absolute Gasteiger partial charge is 0.345 e. The summed E-state index contributed by atoms with van der Waals surface area (Å²) in [4.78, 5) is 25.2. The number of benzene rings is 2. The second kappa shape index (κ2) is 13.1. The Hall–Kier alpha value is -2.16. The van der Waals surface area contributed by atoms with E-state index < -0.39 is 0 Å². The fourth-order valence-corrected chi connectivity index (χ4v) is 6.21. The number of amides is 2. The van der Waals surface area contributed by atoms with Crippen LogP contribution >= 0.6 is 74.0 Å². The number of aromatic nitrogens is 5. The minimum absolute atomic E-state index is 0.0796. The van der Waals surface area contributed by atoms with E-state index in [0.29, 0.717) is 26.7 Å². The number of hydrogen-bond acceptors (Lipinski definition) is 9. The van der Waals surface area contributed by atoms with Gasteiger partial charge in [-0.25, -0.2) is 0 Å². The Balaban J connectivity index is 1.48. The quantitative estimate of drug-likeness (QED) is 0.158. The van der Waals surface area contributed by atoms with E-state index in [1.807, 2.05) is 31.2 Å². The number of carbonyl (C=O) groups excluding carboxylic acids is 2. The summed E-state index contributed by atoms with van der Waals surface area (Å²) in [5, 5.41) is 23.8. The summed E-state index contributed by atoms with van der Waals surface area (Å²) in [5.74, 6) is 0.816. The van der Waals surface area contributed by atoms with Gasteiger partial charge in [0.1, 0.15) is 0 Å². The maximum Gasteiger partial charge on any atom is 0.253 e. The normalized spacial score (nSPS) is 10.9. The summed E-state index contributed by atoms with van der Waals surface area (Å²) >= 11 is 19.6. The van der Waals surface area contributed by atoms with Crippen molar-refractivity contribution in [1.29, 1.82) is 0 Å². The van der Waals surface area contributed by atoms with Crippen LogP contribution in [0.4, 0.5) is 5.13 Å². The predicted octanol–water partition coefficient (Wildman–Crippen LogP) is 5.96. The molecule has 0 aliphatic rings. The van der Waals surface area contributed by atoms with E-state index in [2.05, 4.69) is 47.0 Å². The van der Waals surface area contributed by atoms with Gasteiger partial charge in [0.25, 0.3) is 5.91 Å². The first-order valence-corrected chi connectivity index (χ1v) is 15.0. The molecule has 0 fully saturated rings. The zero-order chi connectivity index (χ0) is 26.4. The lowest BCUT2D eigenvalue weighted by molar-refractivity contribution is -0.113. The van der Waals surface area contributed by atoms with Crippen molar-refractivity contribution in [2.45, 2.75) is 23.0 Å². The van der Waals surface area contributed by atoms with Gasteiger partial charge < -0.3 is 5.32 Å². The Morgan fingerprint density at radius 3 is 2.57 bits per heavy atom. The van der Waals surface area contributed by atoms with Crippen molar-refractivity contribution in [3.05, 3.63) is 68.4 Å². The molecule has 192 valence electrons. The van der Waals surface area contributed by atoms with Gasteiger partial charge in [-0.15, -0.1) is 20.4 Å². The molecule has 0 aliphatic heterocycles. The highest BCUT2D eigenvalue weighted by atomic mass is 79.9. The van der Waals surface area contributed by atoms with Gasteiger partial charge in [-0.2, -0.15) is 0 Å². The summed E-state index contributed by atoms with van der Waals surface area (Å²) in [7, 11) is 0. The summed E-state index contributed by atoms with van der Waals surface area (Å²) < 4.78 is 3.49. The number of halogens is 3. The average Bonchev–Trinajstić information content (AvgIpc) is 3.48. The van der Waals surface area contributed by atoms with E-state index in [9.17, 15) is 9.59 Å². The lowest BCUT2D eigenvalue weighted by Crippen LogP contribution is -2.25. The number of anilines is 1. The van der Waals surface area contributed by atoms with E-state index in [1.54, 1.807) is 28.5 Å². The standard InChI is InChI=1S/C22H18BrCl2N7O2S3/c1-2-35-22-31-29-20(37-22)27-18(33)11-36-21-30-28-17(32(21)14-6-3-12(23)4-7-14)10-26-19(34)15-8-5-13(24)9-16(15)25/h3-9H,2,10-11H2,1H3,(H,26,34)(H,27,29,33). The summed E-state index contributed by atoms with van der Waals surface area (Å²) in [6, 6.07) is 12.2. The van der Waals surface area contributed by atoms with Crippen LogP contribution in [0.1, 0.15) is 23.1 Å². The van der Waals surface area contributed by atoms with E-state index in [4.69, 9.17) is 23.2 Å². The predicted molar refractivity (Wildman–Crippen MR) is 152 cm³/mol. The summed E-state index contributed by atoms with van der Waals surface area (Å²) in [6.07, 6.45) is 0. The number of nitrogens with one attached hydrogen (secondary N) is 2. The molecule has 0 atom stereocenters. The average molecular weight is 659 g/mol. The molecule has 0 spiro atoms. The van der Waals surface area contributed by atoms with Gasteiger partial charge in [0.15, 0.2) is 15.3 Å². The molecule has 4 aromatic rings. The highest BCUT2D eigenvalue weighted by Crippen LogP contribution is 2.27. The molecule has 0 bridgehead atoms. The fraction of sp³-hybridized carbons (Fsp3) is 0.182. The first-order valence-electron chi connectivity index (χ1n) is 10.7. The SMILES string of the molecule is CCSc1nnc(NC(=O)CSc2nnc(CNC(=O)c3ccc(Cl)cc3Cl)n2-c2ccc(Br)cc2)s1. The van der Waals surface area contributed by atoms with Gasteiger partial charge in [-0.1, -0.05) is 80.9 Å². The van der Waals surface area contributed by atoms with Gasteiger partial charge in [-0.3, -0.25) is 19.5 Å². The molecule has 0 saturated heterocycles. The van der Waals surface area contributed by atoms with Gasteiger partial charge in [0, 0.05) is 15.2 Å². The molecule has 0 unspecified atom stereocenters. The van der Waals surface area contributed by atoms with Crippen LogP contribution in [-0.2, 0) is 11.3 Å². The van der Waals surface area contributed by atoms with E-state index in [1.165, 1.54) is 29.2 Å². The number of nitrogens with zero attached hydrogens (tertiary/aromatic N) is 5. The molecule has 15 heteroatoms. The van der Waals surface area contributed by atoms with Gasteiger partial charge in [0.2, 0.25) is 11.0 Å². The van der Waals surface area contributed by atoms with Crippen molar-refractivity contribution in [3.63, 3.8) is 0 Å². The molecular formula is C22H18BrCl2N7O2S3. The van der Waals surface area contributed by atoms with Crippen LogP contribution in [0.25, 0.3) is 5.69 Å². The van der Waals surface area contributed by atoms with Crippen molar-refractivity contribution in [2.75, 3.05) is 16.8 Å². The first-order chi connectivity index (χ1) is 17.8. The van der Waals surface area contributed by atoms with Crippen molar-refractivity contribution >= 4 is 90.9 Å². The number of hydrogen-bond donors (Lipinski definition) is 2. The fourth-order valence-electron chi connectivity index (χ4n) is 3.01. The van der Waals surface area contributed by atoms with E-state index in [0.717, 1.165) is 20.3 Å². The summed E-state index contributed by atoms with van der Waals surface area (Å²) in [5.41, 5.74) is 1.07. The molecule has 2 aromatic carbocycles. The lowest BCUT2D eigenvalue weighted by atomic mass is 10.2. The van der Waals surface area contributed by atoms with Gasteiger partial charge >= 0.3 is 0 Å². The Morgan fingerprint density at radius 1 is 1.05 bits per heavy atom. The zero-order valence-electron chi connectivity index (χ0n) is 19.1. The van der Waals surface area contributed by atoms with Gasteiger partial charge in [0.05, 0.1) is 22.9 Å². The molecule has 2 amide bonds. The van der Waals surface area contributed by atoms with E-state index in [-0.39, 0.29) is 29.1 Å². The first kappa shape index (κ1) is 27.9. The lowest BCUT2D eigenvalue weighted by Gasteiger charge is -2.11. The molecule has 37 heavy (non-hydrogen) atoms. The smallest absolute Gasteiger partial charge is 0.253 e. The Morgan fingerprint density at radius 2 is 1.84 bits per heavy atom. The van der Waals surface area contributed by atoms with Crippen molar-refractivity contribution in [1.82, 2.24) is 30.3 Å². The molecule has 9 nitrogen and oxygen atoms in total. The van der Waals surface area contributed by atoms with Crippen LogP contribution in [0, 0.1) is 0 Å². The van der Waals surface area contributed by atoms with Gasteiger partial charge in [-0.05, 0) is 48.2 Å². The minimum atomic E-state index is -0.377. The van der Waals surface area contributed by atoms with Crippen molar-refractivity contribution < 1.29 is 9.59 Å². The van der Waals surface area contributed by atoms with Crippen LogP contribution in [0.5, 0.6) is 0 Å². The minimum Gasteiger partial charge on any atom is -0.345 e. The maximum atomic E-state index is 12.7. The molecule has 0 saturated carbocycles. The molecule has 4 rings (SSSR count). The third kappa shape index (κ3) is 7.45. The maximum absolute atomic E-state index is 12.7. The topological polar surface area (TPSA) is 115 Å². The molecular weight excluding hydrogens is 641 g/mol. The third-order valence-electron chi connectivity index (χ3n) is 4.62. The molecule has 2 aromatic heterocycles. The monoisotopic (exact) mass is 657 g/mol. The van der Waals surface area contributed by atoms with Crippen molar-refractivity contribution in [2.24, 2.45) is 0 Å².